The summed E-state index contributed by atoms with van der Waals surface area (Å²) in [5.74, 6) is 0.266. The Morgan fingerprint density at radius 3 is 2.39 bits per heavy atom. The summed E-state index contributed by atoms with van der Waals surface area (Å²) in [6.07, 6.45) is 2.12. The van der Waals surface area contributed by atoms with E-state index in [1.165, 1.54) is 18.2 Å². The van der Waals surface area contributed by atoms with Crippen LogP contribution in [-0.2, 0) is 21.6 Å². The van der Waals surface area contributed by atoms with Gasteiger partial charge in [0.05, 0.1) is 17.6 Å². The van der Waals surface area contributed by atoms with Crippen LogP contribution in [0.25, 0.3) is 11.0 Å². The molecule has 2 aliphatic heterocycles. The molecule has 0 aliphatic carbocycles. The number of hydrogen-bond acceptors (Lipinski definition) is 5. The van der Waals surface area contributed by atoms with Gasteiger partial charge in [-0.2, -0.15) is 0 Å². The summed E-state index contributed by atoms with van der Waals surface area (Å²) >= 11 is 0. The summed E-state index contributed by atoms with van der Waals surface area (Å²) < 4.78 is 43.3. The molecule has 0 amide bonds. The molecule has 38 heavy (non-hydrogen) atoms. The van der Waals surface area contributed by atoms with Crippen molar-refractivity contribution in [1.82, 2.24) is 19.8 Å². The fourth-order valence-corrected chi connectivity index (χ4v) is 5.63. The number of fused-ring (bicyclic) bond motifs is 1. The molecular weight excluding hydrogens is 486 g/mol. The van der Waals surface area contributed by atoms with E-state index in [-0.39, 0.29) is 18.9 Å². The van der Waals surface area contributed by atoms with E-state index in [4.69, 9.17) is 14.5 Å². The van der Waals surface area contributed by atoms with Crippen LogP contribution in [0.1, 0.15) is 28.9 Å². The van der Waals surface area contributed by atoms with Crippen molar-refractivity contribution in [2.24, 2.45) is 0 Å². The minimum Gasteiger partial charge on any atom is -0.462 e. The number of rotatable bonds is 7. The summed E-state index contributed by atoms with van der Waals surface area (Å²) in [5, 5.41) is 3.45. The maximum atomic E-state index is 15.0. The third kappa shape index (κ3) is 4.33. The molecule has 3 heterocycles. The molecule has 0 radical (unpaired) electrons. The maximum absolute atomic E-state index is 15.0. The van der Waals surface area contributed by atoms with E-state index in [2.05, 4.69) is 41.4 Å². The quantitative estimate of drug-likeness (QED) is 0.372. The lowest BCUT2D eigenvalue weighted by Crippen LogP contribution is -2.56. The van der Waals surface area contributed by atoms with Crippen LogP contribution >= 0.6 is 0 Å². The normalized spacial score (nSPS) is 17.6. The first-order chi connectivity index (χ1) is 18.6. The number of nitrogens with one attached hydrogen (secondary N) is 1. The van der Waals surface area contributed by atoms with E-state index in [1.807, 2.05) is 28.8 Å². The van der Waals surface area contributed by atoms with Crippen LogP contribution in [0.4, 0.5) is 8.78 Å². The van der Waals surface area contributed by atoms with Crippen LogP contribution in [-0.4, -0.2) is 47.4 Å². The molecule has 4 aromatic rings. The Hall–Kier alpha value is -3.75. The van der Waals surface area contributed by atoms with Crippen molar-refractivity contribution >= 4 is 11.0 Å². The number of aromatic nitrogens is 2. The summed E-state index contributed by atoms with van der Waals surface area (Å²) in [4.78, 5) is 7.60. The van der Waals surface area contributed by atoms with E-state index < -0.39 is 17.2 Å². The molecule has 1 N–H and O–H groups in total. The highest BCUT2D eigenvalue weighted by Gasteiger charge is 2.46. The predicted octanol–water partition coefficient (Wildman–Crippen LogP) is 5.06. The fourth-order valence-electron chi connectivity index (χ4n) is 5.63. The Kier molecular flexibility index (Phi) is 6.59. The lowest BCUT2D eigenvalue weighted by molar-refractivity contribution is 0.0509. The summed E-state index contributed by atoms with van der Waals surface area (Å²) in [5.41, 5.74) is 2.99. The highest BCUT2D eigenvalue weighted by atomic mass is 19.1. The largest absolute Gasteiger partial charge is 0.462 e. The lowest BCUT2D eigenvalue weighted by Gasteiger charge is -2.46. The smallest absolute Gasteiger partial charge is 0.229 e. The van der Waals surface area contributed by atoms with Gasteiger partial charge < -0.3 is 19.4 Å². The van der Waals surface area contributed by atoms with Gasteiger partial charge in [0.15, 0.2) is 0 Å². The Bertz CT molecular complexity index is 1460. The average Bonchev–Trinajstić information content (AvgIpc) is 3.58. The second-order valence-corrected chi connectivity index (χ2v) is 9.86. The van der Waals surface area contributed by atoms with Crippen LogP contribution in [0.5, 0.6) is 0 Å². The van der Waals surface area contributed by atoms with Gasteiger partial charge in [-0.25, -0.2) is 13.8 Å². The predicted molar refractivity (Wildman–Crippen MR) is 141 cm³/mol. The van der Waals surface area contributed by atoms with Crippen molar-refractivity contribution in [3.63, 3.8) is 0 Å². The molecule has 8 heteroatoms. The summed E-state index contributed by atoms with van der Waals surface area (Å²) in [6, 6.07) is 20.2. The Morgan fingerprint density at radius 2 is 1.68 bits per heavy atom. The van der Waals surface area contributed by atoms with Gasteiger partial charge in [-0.05, 0) is 36.8 Å². The van der Waals surface area contributed by atoms with Gasteiger partial charge >= 0.3 is 0 Å². The molecule has 2 aliphatic rings. The molecule has 1 fully saturated rings. The Morgan fingerprint density at radius 1 is 0.947 bits per heavy atom. The number of halogens is 2. The number of para-hydroxylation sites is 2. The van der Waals surface area contributed by atoms with Gasteiger partial charge in [0.25, 0.3) is 0 Å². The summed E-state index contributed by atoms with van der Waals surface area (Å²) in [7, 11) is 0. The van der Waals surface area contributed by atoms with E-state index in [1.54, 1.807) is 6.26 Å². The van der Waals surface area contributed by atoms with Gasteiger partial charge in [-0.15, -0.1) is 0 Å². The second-order valence-electron chi connectivity index (χ2n) is 9.86. The topological polar surface area (TPSA) is 51.6 Å². The van der Waals surface area contributed by atoms with E-state index in [0.717, 1.165) is 48.3 Å². The molecule has 6 nitrogen and oxygen atoms in total. The molecule has 6 rings (SSSR count). The lowest BCUT2D eigenvalue weighted by atomic mass is 9.81. The Balaban J connectivity index is 1.64. The van der Waals surface area contributed by atoms with Gasteiger partial charge in [0.2, 0.25) is 6.79 Å². The monoisotopic (exact) mass is 516 g/mol. The first-order valence-corrected chi connectivity index (χ1v) is 12.9. The number of piperazine rings is 1. The third-order valence-electron chi connectivity index (χ3n) is 7.55. The van der Waals surface area contributed by atoms with E-state index >= 15 is 0 Å². The molecule has 1 aromatic heterocycles. The molecule has 0 saturated carbocycles. The molecule has 3 aromatic carbocycles. The zero-order chi connectivity index (χ0) is 26.1. The van der Waals surface area contributed by atoms with Gasteiger partial charge in [0, 0.05) is 38.2 Å². The Labute approximate surface area is 220 Å². The SMILES string of the molecule is Cc1ccc(C(CC2=COCO2)(c2nc3ccccc3n2Cc2c(F)cccc2F)N2CCNCC2)cc1. The summed E-state index contributed by atoms with van der Waals surface area (Å²) in [6.45, 7) is 5.38. The molecule has 1 atom stereocenters. The third-order valence-corrected chi connectivity index (χ3v) is 7.55. The first kappa shape index (κ1) is 24.6. The van der Waals surface area contributed by atoms with Crippen molar-refractivity contribution in [3.05, 3.63) is 113 Å². The van der Waals surface area contributed by atoms with Gasteiger partial charge in [0.1, 0.15) is 35.0 Å². The van der Waals surface area contributed by atoms with Crippen LogP contribution in [0, 0.1) is 18.6 Å². The standard InChI is InChI=1S/C30H30F2N4O2/c1-21-9-11-22(12-10-21)30(17-23-19-37-20-38-23,35-15-13-33-14-16-35)29-34-27-7-2-3-8-28(27)36(29)18-24-25(31)5-4-6-26(24)32/h2-12,19,33H,13-18,20H2,1H3. The molecule has 196 valence electrons. The van der Waals surface area contributed by atoms with Crippen LogP contribution in [0.3, 0.4) is 0 Å². The number of nitrogens with zero attached hydrogens (tertiary/aromatic N) is 3. The van der Waals surface area contributed by atoms with E-state index in [0.29, 0.717) is 18.0 Å². The van der Waals surface area contributed by atoms with E-state index in [9.17, 15) is 8.78 Å². The van der Waals surface area contributed by atoms with Crippen molar-refractivity contribution in [2.75, 3.05) is 33.0 Å². The number of hydrogen-bond donors (Lipinski definition) is 1. The van der Waals surface area contributed by atoms with Crippen molar-refractivity contribution < 1.29 is 18.3 Å². The highest BCUT2D eigenvalue weighted by molar-refractivity contribution is 5.76. The zero-order valence-corrected chi connectivity index (χ0v) is 21.3. The second kappa shape index (κ2) is 10.2. The number of ether oxygens (including phenoxy) is 2. The van der Waals surface area contributed by atoms with Gasteiger partial charge in [-0.1, -0.05) is 48.0 Å². The van der Waals surface area contributed by atoms with Crippen molar-refractivity contribution in [2.45, 2.75) is 25.4 Å². The van der Waals surface area contributed by atoms with Crippen molar-refractivity contribution in [3.8, 4) is 0 Å². The minimum atomic E-state index is -0.782. The first-order valence-electron chi connectivity index (χ1n) is 12.9. The van der Waals surface area contributed by atoms with Crippen molar-refractivity contribution in [1.29, 1.82) is 0 Å². The number of benzene rings is 3. The number of imidazole rings is 1. The molecular formula is C30H30F2N4O2. The molecule has 1 unspecified atom stereocenters. The molecule has 0 bridgehead atoms. The fraction of sp³-hybridized carbons (Fsp3) is 0.300. The highest BCUT2D eigenvalue weighted by Crippen LogP contribution is 2.43. The van der Waals surface area contributed by atoms with Crippen LogP contribution in [0.15, 0.2) is 78.8 Å². The minimum absolute atomic E-state index is 0.00442. The average molecular weight is 517 g/mol. The van der Waals surface area contributed by atoms with Crippen LogP contribution < -0.4 is 5.32 Å². The molecule has 0 spiro atoms. The van der Waals surface area contributed by atoms with Crippen LogP contribution in [0.2, 0.25) is 0 Å². The molecule has 1 saturated heterocycles. The maximum Gasteiger partial charge on any atom is 0.229 e. The van der Waals surface area contributed by atoms with Gasteiger partial charge in [-0.3, -0.25) is 4.90 Å². The zero-order valence-electron chi connectivity index (χ0n) is 21.3. The number of aryl methyl sites for hydroxylation is 1.